The Balaban J connectivity index is 1.60. The number of hydrogen-bond acceptors (Lipinski definition) is 5. The highest BCUT2D eigenvalue weighted by Gasteiger charge is 2.10. The van der Waals surface area contributed by atoms with E-state index < -0.39 is 6.03 Å². The molecular weight excluding hydrogens is 395 g/mol. The number of hydrogen-bond donors (Lipinski definition) is 2. The van der Waals surface area contributed by atoms with Gasteiger partial charge in [0.25, 0.3) is 0 Å². The zero-order chi connectivity index (χ0) is 18.5. The van der Waals surface area contributed by atoms with Gasteiger partial charge in [0, 0.05) is 18.2 Å². The average molecular weight is 409 g/mol. The molecule has 0 spiro atoms. The lowest BCUT2D eigenvalue weighted by Gasteiger charge is -2.06. The van der Waals surface area contributed by atoms with E-state index in [1.54, 1.807) is 43.5 Å². The van der Waals surface area contributed by atoms with E-state index in [1.165, 1.54) is 11.3 Å². The van der Waals surface area contributed by atoms with Crippen molar-refractivity contribution in [3.63, 3.8) is 0 Å². The maximum Gasteiger partial charge on any atom is 0.325 e. The largest absolute Gasteiger partial charge is 0.497 e. The average Bonchev–Trinajstić information content (AvgIpc) is 3.05. The zero-order valence-corrected chi connectivity index (χ0v) is 16.0. The van der Waals surface area contributed by atoms with Gasteiger partial charge in [0.1, 0.15) is 10.8 Å². The third-order valence-corrected chi connectivity index (χ3v) is 4.93. The van der Waals surface area contributed by atoms with Crippen molar-refractivity contribution in [1.82, 2.24) is 10.2 Å². The normalized spacial score (nSPS) is 10.4. The van der Waals surface area contributed by atoms with Gasteiger partial charge in [-0.25, -0.2) is 4.79 Å². The molecule has 0 saturated carbocycles. The minimum absolute atomic E-state index is 0.403. The number of aromatic nitrogens is 2. The molecule has 2 amide bonds. The number of rotatable bonds is 5. The number of ether oxygens (including phenoxy) is 1. The summed E-state index contributed by atoms with van der Waals surface area (Å²) >= 11 is 13.2. The van der Waals surface area contributed by atoms with Crippen LogP contribution in [0.25, 0.3) is 0 Å². The maximum absolute atomic E-state index is 12.1. The van der Waals surface area contributed by atoms with E-state index in [2.05, 4.69) is 20.8 Å². The van der Waals surface area contributed by atoms with E-state index >= 15 is 0 Å². The van der Waals surface area contributed by atoms with Crippen molar-refractivity contribution in [1.29, 1.82) is 0 Å². The van der Waals surface area contributed by atoms with Crippen molar-refractivity contribution < 1.29 is 9.53 Å². The van der Waals surface area contributed by atoms with Gasteiger partial charge in [-0.3, -0.25) is 5.32 Å². The molecule has 0 saturated heterocycles. The lowest BCUT2D eigenvalue weighted by atomic mass is 10.2. The second-order valence-electron chi connectivity index (χ2n) is 5.24. The molecule has 3 aromatic rings. The van der Waals surface area contributed by atoms with Crippen molar-refractivity contribution in [2.24, 2.45) is 0 Å². The fourth-order valence-electron chi connectivity index (χ4n) is 2.16. The summed E-state index contributed by atoms with van der Waals surface area (Å²) in [5.41, 5.74) is 1.57. The summed E-state index contributed by atoms with van der Waals surface area (Å²) in [5, 5.41) is 15.6. The number of benzene rings is 2. The molecule has 0 aliphatic rings. The van der Waals surface area contributed by atoms with Gasteiger partial charge in [-0.1, -0.05) is 46.7 Å². The van der Waals surface area contributed by atoms with Crippen LogP contribution >= 0.6 is 34.5 Å². The van der Waals surface area contributed by atoms with E-state index in [1.807, 2.05) is 6.07 Å². The molecule has 1 aromatic heterocycles. The second-order valence-corrected chi connectivity index (χ2v) is 7.11. The van der Waals surface area contributed by atoms with Crippen LogP contribution in [0.2, 0.25) is 10.0 Å². The smallest absolute Gasteiger partial charge is 0.325 e. The molecule has 0 radical (unpaired) electrons. The number of methoxy groups -OCH3 is 1. The molecule has 3 rings (SSSR count). The molecule has 2 aromatic carbocycles. The summed E-state index contributed by atoms with van der Waals surface area (Å²) in [6.45, 7) is 0. The third kappa shape index (κ3) is 4.85. The van der Waals surface area contributed by atoms with Gasteiger partial charge < -0.3 is 10.1 Å². The molecule has 0 aliphatic carbocycles. The SMILES string of the molecule is COc1cccc(NC(=O)Nc2nnc(Cc3ccc(Cl)c(Cl)c3)s2)c1. The Hall–Kier alpha value is -2.35. The molecule has 2 N–H and O–H groups in total. The van der Waals surface area contributed by atoms with Gasteiger partial charge in [-0.05, 0) is 29.8 Å². The number of nitrogens with zero attached hydrogens (tertiary/aromatic N) is 2. The van der Waals surface area contributed by atoms with Crippen molar-refractivity contribution >= 4 is 51.4 Å². The summed E-state index contributed by atoms with van der Waals surface area (Å²) in [5.74, 6) is 0.655. The zero-order valence-electron chi connectivity index (χ0n) is 13.6. The number of amides is 2. The van der Waals surface area contributed by atoms with Crippen LogP contribution in [0, 0.1) is 0 Å². The number of halogens is 2. The summed E-state index contributed by atoms with van der Waals surface area (Å²) in [6.07, 6.45) is 0.549. The van der Waals surface area contributed by atoms with Crippen LogP contribution in [0.15, 0.2) is 42.5 Å². The van der Waals surface area contributed by atoms with E-state index in [0.29, 0.717) is 33.0 Å². The van der Waals surface area contributed by atoms with E-state index in [4.69, 9.17) is 27.9 Å². The molecule has 0 aliphatic heterocycles. The number of carbonyl (C=O) groups is 1. The molecule has 0 unspecified atom stereocenters. The van der Waals surface area contributed by atoms with Gasteiger partial charge in [0.15, 0.2) is 0 Å². The number of anilines is 2. The van der Waals surface area contributed by atoms with Gasteiger partial charge in [-0.15, -0.1) is 10.2 Å². The van der Waals surface area contributed by atoms with Gasteiger partial charge in [0.05, 0.1) is 17.2 Å². The quantitative estimate of drug-likeness (QED) is 0.616. The summed E-state index contributed by atoms with van der Waals surface area (Å²) in [4.78, 5) is 12.1. The lowest BCUT2D eigenvalue weighted by Crippen LogP contribution is -2.19. The second kappa shape index (κ2) is 8.35. The molecule has 9 heteroatoms. The fourth-order valence-corrected chi connectivity index (χ4v) is 3.25. The third-order valence-electron chi connectivity index (χ3n) is 3.35. The fraction of sp³-hybridized carbons (Fsp3) is 0.118. The van der Waals surface area contributed by atoms with Crippen LogP contribution in [0.1, 0.15) is 10.6 Å². The van der Waals surface area contributed by atoms with Gasteiger partial charge in [0.2, 0.25) is 5.13 Å². The first-order valence-corrected chi connectivity index (χ1v) is 9.09. The first kappa shape index (κ1) is 18.4. The Morgan fingerprint density at radius 3 is 2.73 bits per heavy atom. The van der Waals surface area contributed by atoms with Gasteiger partial charge >= 0.3 is 6.03 Å². The maximum atomic E-state index is 12.1. The predicted octanol–water partition coefficient (Wildman–Crippen LogP) is 5.09. The van der Waals surface area contributed by atoms with Crippen LogP contribution in [-0.4, -0.2) is 23.3 Å². The number of urea groups is 1. The van der Waals surface area contributed by atoms with Crippen molar-refractivity contribution in [3.8, 4) is 5.75 Å². The molecule has 0 bridgehead atoms. The first-order valence-electron chi connectivity index (χ1n) is 7.52. The standard InChI is InChI=1S/C17H14Cl2N4O2S/c1-25-12-4-2-3-11(9-12)20-16(24)21-17-23-22-15(26-17)8-10-5-6-13(18)14(19)7-10/h2-7,9H,8H2,1H3,(H2,20,21,23,24). The molecule has 26 heavy (non-hydrogen) atoms. The monoisotopic (exact) mass is 408 g/mol. The summed E-state index contributed by atoms with van der Waals surface area (Å²) < 4.78 is 5.12. The van der Waals surface area contributed by atoms with Crippen LogP contribution in [0.3, 0.4) is 0 Å². The number of carbonyl (C=O) groups excluding carboxylic acids is 1. The molecule has 0 fully saturated rings. The molecule has 134 valence electrons. The first-order chi connectivity index (χ1) is 12.5. The minimum atomic E-state index is -0.407. The Bertz CT molecular complexity index is 933. The van der Waals surface area contributed by atoms with E-state index in [-0.39, 0.29) is 0 Å². The highest BCUT2D eigenvalue weighted by molar-refractivity contribution is 7.15. The summed E-state index contributed by atoms with van der Waals surface area (Å²) in [7, 11) is 1.57. The summed E-state index contributed by atoms with van der Waals surface area (Å²) in [6, 6.07) is 12.0. The van der Waals surface area contributed by atoms with E-state index in [9.17, 15) is 4.79 Å². The number of nitrogens with one attached hydrogen (secondary N) is 2. The van der Waals surface area contributed by atoms with Crippen molar-refractivity contribution in [2.45, 2.75) is 6.42 Å². The van der Waals surface area contributed by atoms with Crippen LogP contribution < -0.4 is 15.4 Å². The van der Waals surface area contributed by atoms with E-state index in [0.717, 1.165) is 10.6 Å². The van der Waals surface area contributed by atoms with Crippen LogP contribution in [-0.2, 0) is 6.42 Å². The minimum Gasteiger partial charge on any atom is -0.497 e. The van der Waals surface area contributed by atoms with Gasteiger partial charge in [-0.2, -0.15) is 0 Å². The molecular formula is C17H14Cl2N4O2S. The topological polar surface area (TPSA) is 76.1 Å². The highest BCUT2D eigenvalue weighted by Crippen LogP contribution is 2.25. The molecule has 0 atom stereocenters. The van der Waals surface area contributed by atoms with Crippen molar-refractivity contribution in [2.75, 3.05) is 17.7 Å². The highest BCUT2D eigenvalue weighted by atomic mass is 35.5. The molecule has 6 nitrogen and oxygen atoms in total. The molecule has 1 heterocycles. The van der Waals surface area contributed by atoms with Crippen molar-refractivity contribution in [3.05, 3.63) is 63.1 Å². The lowest BCUT2D eigenvalue weighted by molar-refractivity contribution is 0.262. The Labute approximate surface area is 164 Å². The Kier molecular flexibility index (Phi) is 5.92. The predicted molar refractivity (Wildman–Crippen MR) is 105 cm³/mol. The van der Waals surface area contributed by atoms with Crippen LogP contribution in [0.4, 0.5) is 15.6 Å². The Morgan fingerprint density at radius 2 is 1.96 bits per heavy atom. The van der Waals surface area contributed by atoms with Crippen LogP contribution in [0.5, 0.6) is 5.75 Å². The Morgan fingerprint density at radius 1 is 1.12 bits per heavy atom.